The van der Waals surface area contributed by atoms with Gasteiger partial charge in [0.05, 0.1) is 21.5 Å². The van der Waals surface area contributed by atoms with Crippen LogP contribution in [0.5, 0.6) is 0 Å². The van der Waals surface area contributed by atoms with E-state index in [4.69, 9.17) is 28.9 Å². The van der Waals surface area contributed by atoms with Crippen molar-refractivity contribution in [1.29, 1.82) is 0 Å². The van der Waals surface area contributed by atoms with Crippen molar-refractivity contribution in [2.75, 3.05) is 17.0 Å². The summed E-state index contributed by atoms with van der Waals surface area (Å²) < 4.78 is 26.6. The largest absolute Gasteiger partial charge is 0.330 e. The van der Waals surface area contributed by atoms with Crippen molar-refractivity contribution in [2.24, 2.45) is 5.73 Å². The standard InChI is InChI=1S/C10H13BrCl2N2O2S/c11-7-5-8(12)10(9(13)6-7)15-18(16,17)4-2-1-3-14/h5-6,15H,1-4,14H2. The number of halogens is 3. The highest BCUT2D eigenvalue weighted by Gasteiger charge is 2.15. The van der Waals surface area contributed by atoms with Crippen LogP contribution in [0.4, 0.5) is 5.69 Å². The van der Waals surface area contributed by atoms with E-state index < -0.39 is 10.0 Å². The molecule has 0 spiro atoms. The van der Waals surface area contributed by atoms with Crippen molar-refractivity contribution >= 4 is 54.8 Å². The second-order valence-electron chi connectivity index (χ2n) is 3.66. The van der Waals surface area contributed by atoms with Gasteiger partial charge in [-0.25, -0.2) is 8.42 Å². The molecule has 0 aliphatic carbocycles. The summed E-state index contributed by atoms with van der Waals surface area (Å²) in [6.07, 6.45) is 1.15. The maximum absolute atomic E-state index is 11.8. The third-order valence-electron chi connectivity index (χ3n) is 2.13. The Morgan fingerprint density at radius 3 is 2.28 bits per heavy atom. The van der Waals surface area contributed by atoms with Crippen LogP contribution < -0.4 is 10.5 Å². The number of benzene rings is 1. The SMILES string of the molecule is NCCCCS(=O)(=O)Nc1c(Cl)cc(Br)cc1Cl. The molecule has 4 nitrogen and oxygen atoms in total. The lowest BCUT2D eigenvalue weighted by atomic mass is 10.3. The third-order valence-corrected chi connectivity index (χ3v) is 4.53. The molecule has 0 radical (unpaired) electrons. The Morgan fingerprint density at radius 2 is 1.78 bits per heavy atom. The Balaban J connectivity index is 2.84. The molecule has 0 fully saturated rings. The highest BCUT2D eigenvalue weighted by atomic mass is 79.9. The molecule has 3 N–H and O–H groups in total. The topological polar surface area (TPSA) is 72.2 Å². The number of unbranched alkanes of at least 4 members (excludes halogenated alkanes) is 1. The smallest absolute Gasteiger partial charge is 0.232 e. The molecule has 0 saturated carbocycles. The fraction of sp³-hybridized carbons (Fsp3) is 0.400. The zero-order chi connectivity index (χ0) is 13.8. The molecular weight excluding hydrogens is 363 g/mol. The molecular formula is C10H13BrCl2N2O2S. The molecule has 1 aromatic carbocycles. The summed E-state index contributed by atoms with van der Waals surface area (Å²) in [7, 11) is -3.45. The van der Waals surface area contributed by atoms with Gasteiger partial charge < -0.3 is 5.73 Å². The number of sulfonamides is 1. The van der Waals surface area contributed by atoms with Crippen LogP contribution in [0.15, 0.2) is 16.6 Å². The first-order chi connectivity index (χ1) is 8.35. The first-order valence-electron chi connectivity index (χ1n) is 5.21. The van der Waals surface area contributed by atoms with Crippen LogP contribution >= 0.6 is 39.1 Å². The van der Waals surface area contributed by atoms with Crippen molar-refractivity contribution in [3.63, 3.8) is 0 Å². The first-order valence-corrected chi connectivity index (χ1v) is 8.41. The molecule has 0 amide bonds. The van der Waals surface area contributed by atoms with E-state index in [0.717, 1.165) is 0 Å². The van der Waals surface area contributed by atoms with Crippen molar-refractivity contribution in [1.82, 2.24) is 0 Å². The summed E-state index contributed by atoms with van der Waals surface area (Å²) in [6, 6.07) is 3.15. The molecule has 0 unspecified atom stereocenters. The van der Waals surface area contributed by atoms with Crippen LogP contribution in [0.25, 0.3) is 0 Å². The van der Waals surface area contributed by atoms with E-state index in [1.165, 1.54) is 0 Å². The summed E-state index contributed by atoms with van der Waals surface area (Å²) in [5.41, 5.74) is 5.52. The van der Waals surface area contributed by atoms with E-state index in [0.29, 0.717) is 23.9 Å². The minimum Gasteiger partial charge on any atom is -0.330 e. The number of hydrogen-bond acceptors (Lipinski definition) is 3. The number of nitrogens with one attached hydrogen (secondary N) is 1. The summed E-state index contributed by atoms with van der Waals surface area (Å²) in [5, 5.41) is 0.494. The summed E-state index contributed by atoms with van der Waals surface area (Å²) >= 11 is 15.1. The van der Waals surface area contributed by atoms with Crippen LogP contribution in [0.2, 0.25) is 10.0 Å². The van der Waals surface area contributed by atoms with Crippen LogP contribution in [-0.2, 0) is 10.0 Å². The lowest BCUT2D eigenvalue weighted by Gasteiger charge is -2.11. The molecule has 1 aromatic rings. The highest BCUT2D eigenvalue weighted by molar-refractivity contribution is 9.10. The normalized spacial score (nSPS) is 11.6. The van der Waals surface area contributed by atoms with Gasteiger partial charge in [-0.2, -0.15) is 0 Å². The van der Waals surface area contributed by atoms with Crippen molar-refractivity contribution in [3.8, 4) is 0 Å². The van der Waals surface area contributed by atoms with Gasteiger partial charge in [0.25, 0.3) is 0 Å². The van der Waals surface area contributed by atoms with Crippen LogP contribution in [0.3, 0.4) is 0 Å². The fourth-order valence-corrected chi connectivity index (χ4v) is 3.91. The summed E-state index contributed by atoms with van der Waals surface area (Å²) in [5.74, 6) is -0.00702. The lowest BCUT2D eigenvalue weighted by Crippen LogP contribution is -2.18. The zero-order valence-corrected chi connectivity index (χ0v) is 13.3. The number of nitrogens with two attached hydrogens (primary N) is 1. The minimum absolute atomic E-state index is 0.00702. The van der Waals surface area contributed by atoms with E-state index >= 15 is 0 Å². The maximum Gasteiger partial charge on any atom is 0.232 e. The Labute approximate surface area is 125 Å². The van der Waals surface area contributed by atoms with Crippen LogP contribution in [-0.4, -0.2) is 20.7 Å². The number of hydrogen-bond donors (Lipinski definition) is 2. The highest BCUT2D eigenvalue weighted by Crippen LogP contribution is 2.34. The third kappa shape index (κ3) is 4.93. The number of rotatable bonds is 6. The first kappa shape index (κ1) is 16.0. The van der Waals surface area contributed by atoms with Crippen LogP contribution in [0, 0.1) is 0 Å². The van der Waals surface area contributed by atoms with Crippen LogP contribution in [0.1, 0.15) is 12.8 Å². The van der Waals surface area contributed by atoms with Gasteiger partial charge in [-0.1, -0.05) is 39.1 Å². The monoisotopic (exact) mass is 374 g/mol. The van der Waals surface area contributed by atoms with Gasteiger partial charge in [0.15, 0.2) is 0 Å². The second-order valence-corrected chi connectivity index (χ2v) is 7.23. The van der Waals surface area contributed by atoms with Gasteiger partial charge in [0.1, 0.15) is 0 Å². The molecule has 18 heavy (non-hydrogen) atoms. The van der Waals surface area contributed by atoms with Crippen molar-refractivity contribution in [3.05, 3.63) is 26.7 Å². The van der Waals surface area contributed by atoms with E-state index in [1.807, 2.05) is 0 Å². The average molecular weight is 376 g/mol. The second kappa shape index (κ2) is 6.96. The van der Waals surface area contributed by atoms with Gasteiger partial charge >= 0.3 is 0 Å². The summed E-state index contributed by atoms with van der Waals surface area (Å²) in [6.45, 7) is 0.468. The zero-order valence-electron chi connectivity index (χ0n) is 9.42. The Bertz CT molecular complexity index is 500. The molecule has 0 aromatic heterocycles. The predicted octanol–water partition coefficient (Wildman–Crippen LogP) is 3.24. The van der Waals surface area contributed by atoms with Crippen molar-refractivity contribution in [2.45, 2.75) is 12.8 Å². The van der Waals surface area contributed by atoms with Gasteiger partial charge in [-0.3, -0.25) is 4.72 Å². The molecule has 0 saturated heterocycles. The minimum atomic E-state index is -3.45. The fourth-order valence-electron chi connectivity index (χ4n) is 1.28. The summed E-state index contributed by atoms with van der Waals surface area (Å²) in [4.78, 5) is 0. The van der Waals surface area contributed by atoms with Crippen molar-refractivity contribution < 1.29 is 8.42 Å². The lowest BCUT2D eigenvalue weighted by molar-refractivity contribution is 0.597. The quantitative estimate of drug-likeness (QED) is 0.749. The molecule has 0 bridgehead atoms. The molecule has 0 heterocycles. The Hall–Kier alpha value is -0.0100. The number of anilines is 1. The van der Waals surface area contributed by atoms with E-state index in [-0.39, 0.29) is 21.5 Å². The average Bonchev–Trinajstić information content (AvgIpc) is 2.23. The van der Waals surface area contributed by atoms with Gasteiger partial charge in [-0.05, 0) is 31.5 Å². The van der Waals surface area contributed by atoms with Gasteiger partial charge in [0.2, 0.25) is 10.0 Å². The molecule has 8 heteroatoms. The van der Waals surface area contributed by atoms with E-state index in [1.54, 1.807) is 12.1 Å². The maximum atomic E-state index is 11.8. The molecule has 0 atom stereocenters. The van der Waals surface area contributed by atoms with Gasteiger partial charge in [0, 0.05) is 4.47 Å². The molecule has 0 aliphatic rings. The van der Waals surface area contributed by atoms with Gasteiger partial charge in [-0.15, -0.1) is 0 Å². The Morgan fingerprint density at radius 1 is 1.22 bits per heavy atom. The molecule has 0 aliphatic heterocycles. The van der Waals surface area contributed by atoms with E-state index in [9.17, 15) is 8.42 Å². The molecule has 1 rings (SSSR count). The Kier molecular flexibility index (Phi) is 6.20. The van der Waals surface area contributed by atoms with E-state index in [2.05, 4.69) is 20.7 Å². The molecule has 102 valence electrons. The predicted molar refractivity (Wildman–Crippen MR) is 79.9 cm³/mol.